The first-order valence-corrected chi connectivity index (χ1v) is 17.8. The zero-order chi connectivity index (χ0) is 34.1. The van der Waals surface area contributed by atoms with Gasteiger partial charge in [-0.25, -0.2) is 0 Å². The second-order valence-corrected chi connectivity index (χ2v) is 14.2. The van der Waals surface area contributed by atoms with E-state index in [0.29, 0.717) is 0 Å². The van der Waals surface area contributed by atoms with Gasteiger partial charge >= 0.3 is 0 Å². The van der Waals surface area contributed by atoms with Crippen molar-refractivity contribution in [2.75, 3.05) is 4.90 Å². The van der Waals surface area contributed by atoms with Crippen molar-refractivity contribution >= 4 is 49.6 Å². The zero-order valence-electron chi connectivity index (χ0n) is 28.7. The van der Waals surface area contributed by atoms with E-state index in [1.807, 2.05) is 0 Å². The van der Waals surface area contributed by atoms with Gasteiger partial charge in [0.05, 0.1) is 11.0 Å². The molecule has 8 aromatic carbocycles. The highest BCUT2D eigenvalue weighted by Gasteiger charge is 2.35. The molecule has 0 amide bonds. The highest BCUT2D eigenvalue weighted by molar-refractivity contribution is 6.14. The Balaban J connectivity index is 1.21. The predicted octanol–water partition coefficient (Wildman–Crippen LogP) is 13.4. The molecule has 242 valence electrons. The molecule has 0 saturated carbocycles. The summed E-state index contributed by atoms with van der Waals surface area (Å²) in [7, 11) is 0. The van der Waals surface area contributed by atoms with Crippen LogP contribution in [0, 0.1) is 0 Å². The summed E-state index contributed by atoms with van der Waals surface area (Å²) < 4.78 is 2.43. The van der Waals surface area contributed by atoms with Crippen molar-refractivity contribution in [3.05, 3.63) is 193 Å². The van der Waals surface area contributed by atoms with Crippen molar-refractivity contribution in [1.82, 2.24) is 4.57 Å². The van der Waals surface area contributed by atoms with Crippen molar-refractivity contribution in [2.24, 2.45) is 0 Å². The molecule has 1 heterocycles. The van der Waals surface area contributed by atoms with Crippen LogP contribution in [-0.2, 0) is 5.41 Å². The maximum atomic E-state index is 2.43. The van der Waals surface area contributed by atoms with Crippen LogP contribution < -0.4 is 4.90 Å². The Bertz CT molecular complexity index is 2750. The molecular formula is C49H36N2. The minimum Gasteiger partial charge on any atom is -0.310 e. The standard InChI is InChI=1S/C49H36N2/c1-49(2)45-20-12-11-19-41(45)42-27-25-39(31-46(42)49)50(38-23-21-34(22-24-38)33-13-5-3-6-14-33)40-26-28-43-44-29-35-15-9-10-16-36(35)30-47(44)51(48(43)32-40)37-17-7-4-8-18-37/h3-32H,1-2H3. The minimum absolute atomic E-state index is 0.101. The van der Waals surface area contributed by atoms with E-state index in [2.05, 4.69) is 205 Å². The van der Waals surface area contributed by atoms with E-state index < -0.39 is 0 Å². The molecule has 0 aliphatic heterocycles. The first kappa shape index (κ1) is 29.5. The molecule has 0 spiro atoms. The van der Waals surface area contributed by atoms with Gasteiger partial charge < -0.3 is 9.47 Å². The molecule has 0 atom stereocenters. The Morgan fingerprint density at radius 3 is 1.76 bits per heavy atom. The number of nitrogens with zero attached hydrogens (tertiary/aromatic N) is 2. The zero-order valence-corrected chi connectivity index (χ0v) is 28.7. The lowest BCUT2D eigenvalue weighted by Gasteiger charge is -2.28. The SMILES string of the molecule is CC1(C)c2ccccc2-c2ccc(N(c3ccc(-c4ccccc4)cc3)c3ccc4c5cc6ccccc6cc5n(-c5ccccc5)c4c3)cc21. The highest BCUT2D eigenvalue weighted by Crippen LogP contribution is 2.51. The van der Waals surface area contributed by atoms with E-state index in [-0.39, 0.29) is 5.41 Å². The van der Waals surface area contributed by atoms with Crippen LogP contribution in [-0.4, -0.2) is 4.57 Å². The Kier molecular flexibility index (Phi) is 6.56. The predicted molar refractivity (Wildman–Crippen MR) is 216 cm³/mol. The third-order valence-electron chi connectivity index (χ3n) is 10.9. The summed E-state index contributed by atoms with van der Waals surface area (Å²) >= 11 is 0. The molecule has 51 heavy (non-hydrogen) atoms. The van der Waals surface area contributed by atoms with Gasteiger partial charge in [-0.1, -0.05) is 135 Å². The molecule has 2 heteroatoms. The van der Waals surface area contributed by atoms with E-state index in [1.54, 1.807) is 0 Å². The number of fused-ring (bicyclic) bond motifs is 7. The fraction of sp³-hybridized carbons (Fsp3) is 0.0612. The molecule has 0 unspecified atom stereocenters. The van der Waals surface area contributed by atoms with Gasteiger partial charge in [0, 0.05) is 38.9 Å². The molecule has 0 N–H and O–H groups in total. The number of hydrogen-bond acceptors (Lipinski definition) is 1. The van der Waals surface area contributed by atoms with Gasteiger partial charge in [-0.2, -0.15) is 0 Å². The van der Waals surface area contributed by atoms with Gasteiger partial charge in [0.2, 0.25) is 0 Å². The van der Waals surface area contributed by atoms with Crippen LogP contribution in [0.2, 0.25) is 0 Å². The molecule has 1 aromatic heterocycles. The van der Waals surface area contributed by atoms with Crippen molar-refractivity contribution in [3.8, 4) is 27.9 Å². The fourth-order valence-corrected chi connectivity index (χ4v) is 8.40. The lowest BCUT2D eigenvalue weighted by Crippen LogP contribution is -2.16. The van der Waals surface area contributed by atoms with Crippen LogP contribution in [0.25, 0.3) is 60.5 Å². The summed E-state index contributed by atoms with van der Waals surface area (Å²) in [5.41, 5.74) is 14.7. The van der Waals surface area contributed by atoms with Gasteiger partial charge in [-0.3, -0.25) is 0 Å². The monoisotopic (exact) mass is 652 g/mol. The minimum atomic E-state index is -0.101. The smallest absolute Gasteiger partial charge is 0.0561 e. The number of anilines is 3. The number of benzene rings is 8. The second-order valence-electron chi connectivity index (χ2n) is 14.2. The van der Waals surface area contributed by atoms with Crippen LogP contribution in [0.3, 0.4) is 0 Å². The second kappa shape index (κ2) is 11.3. The van der Waals surface area contributed by atoms with E-state index in [0.717, 1.165) is 22.7 Å². The Hall–Kier alpha value is -6.38. The summed E-state index contributed by atoms with van der Waals surface area (Å²) in [5.74, 6) is 0. The molecule has 0 bridgehead atoms. The summed E-state index contributed by atoms with van der Waals surface area (Å²) in [6.45, 7) is 4.71. The van der Waals surface area contributed by atoms with Crippen LogP contribution in [0.1, 0.15) is 25.0 Å². The quantitative estimate of drug-likeness (QED) is 0.180. The van der Waals surface area contributed by atoms with Crippen molar-refractivity contribution < 1.29 is 0 Å². The molecular weight excluding hydrogens is 617 g/mol. The van der Waals surface area contributed by atoms with Crippen LogP contribution in [0.4, 0.5) is 17.1 Å². The molecule has 0 saturated heterocycles. The normalized spacial score (nSPS) is 13.1. The summed E-state index contributed by atoms with van der Waals surface area (Å²) in [4.78, 5) is 2.43. The Morgan fingerprint density at radius 1 is 0.412 bits per heavy atom. The molecule has 9 aromatic rings. The van der Waals surface area contributed by atoms with Crippen molar-refractivity contribution in [1.29, 1.82) is 0 Å². The number of rotatable bonds is 5. The first-order chi connectivity index (χ1) is 25.0. The molecule has 1 aliphatic rings. The van der Waals surface area contributed by atoms with Gasteiger partial charge in [0.1, 0.15) is 0 Å². The number of aromatic nitrogens is 1. The van der Waals surface area contributed by atoms with Crippen LogP contribution in [0.5, 0.6) is 0 Å². The number of hydrogen-bond donors (Lipinski definition) is 0. The molecule has 0 fully saturated rings. The average molecular weight is 653 g/mol. The van der Waals surface area contributed by atoms with E-state index in [9.17, 15) is 0 Å². The van der Waals surface area contributed by atoms with Crippen LogP contribution >= 0.6 is 0 Å². The van der Waals surface area contributed by atoms with E-state index in [1.165, 1.54) is 66.0 Å². The van der Waals surface area contributed by atoms with Gasteiger partial charge in [0.25, 0.3) is 0 Å². The largest absolute Gasteiger partial charge is 0.310 e. The van der Waals surface area contributed by atoms with E-state index >= 15 is 0 Å². The molecule has 2 nitrogen and oxygen atoms in total. The number of para-hydroxylation sites is 1. The maximum absolute atomic E-state index is 2.43. The molecule has 10 rings (SSSR count). The lowest BCUT2D eigenvalue weighted by molar-refractivity contribution is 0.660. The summed E-state index contributed by atoms with van der Waals surface area (Å²) in [6.07, 6.45) is 0. The average Bonchev–Trinajstić information content (AvgIpc) is 3.62. The highest BCUT2D eigenvalue weighted by atomic mass is 15.1. The summed E-state index contributed by atoms with van der Waals surface area (Å²) in [5, 5.41) is 5.00. The van der Waals surface area contributed by atoms with Crippen LogP contribution in [0.15, 0.2) is 182 Å². The van der Waals surface area contributed by atoms with E-state index in [4.69, 9.17) is 0 Å². The third-order valence-corrected chi connectivity index (χ3v) is 10.9. The molecule has 0 radical (unpaired) electrons. The van der Waals surface area contributed by atoms with Gasteiger partial charge in [-0.05, 0) is 105 Å². The Morgan fingerprint density at radius 2 is 0.980 bits per heavy atom. The van der Waals surface area contributed by atoms with Gasteiger partial charge in [-0.15, -0.1) is 0 Å². The third kappa shape index (κ3) is 4.64. The van der Waals surface area contributed by atoms with Crippen molar-refractivity contribution in [3.63, 3.8) is 0 Å². The molecule has 1 aliphatic carbocycles. The first-order valence-electron chi connectivity index (χ1n) is 17.8. The maximum Gasteiger partial charge on any atom is 0.0561 e. The lowest BCUT2D eigenvalue weighted by atomic mass is 9.82. The summed E-state index contributed by atoms with van der Waals surface area (Å²) in [6, 6.07) is 66.7. The van der Waals surface area contributed by atoms with Crippen molar-refractivity contribution in [2.45, 2.75) is 19.3 Å². The fourth-order valence-electron chi connectivity index (χ4n) is 8.40. The Labute approximate surface area is 298 Å². The topological polar surface area (TPSA) is 8.17 Å². The van der Waals surface area contributed by atoms with Gasteiger partial charge in [0.15, 0.2) is 0 Å².